The van der Waals surface area contributed by atoms with Gasteiger partial charge in [0, 0.05) is 13.1 Å². The van der Waals surface area contributed by atoms with Gasteiger partial charge in [-0.05, 0) is 42.8 Å². The number of ether oxygens (including phenoxy) is 2. The lowest BCUT2D eigenvalue weighted by molar-refractivity contribution is -0.118. The number of methoxy groups -OCH3 is 1. The third kappa shape index (κ3) is 5.74. The Morgan fingerprint density at radius 2 is 1.74 bits per heavy atom. The molecule has 0 heterocycles. The summed E-state index contributed by atoms with van der Waals surface area (Å²) >= 11 is 0. The Bertz CT molecular complexity index is 1060. The Hall–Kier alpha value is -3.11. The number of nitrogens with one attached hydrogen (secondary N) is 1. The predicted octanol–water partition coefficient (Wildman–Crippen LogP) is 2.15. The van der Waals surface area contributed by atoms with Gasteiger partial charge in [0.15, 0.2) is 6.61 Å². The van der Waals surface area contributed by atoms with Crippen LogP contribution < -0.4 is 20.5 Å². The molecule has 3 N–H and O–H groups in total. The summed E-state index contributed by atoms with van der Waals surface area (Å²) in [7, 11) is -2.31. The van der Waals surface area contributed by atoms with Crippen LogP contribution in [0, 0.1) is 6.92 Å². The molecule has 9 nitrogen and oxygen atoms in total. The maximum atomic E-state index is 12.8. The highest BCUT2D eigenvalue weighted by atomic mass is 32.2. The second kappa shape index (κ2) is 10.3. The molecule has 0 saturated heterocycles. The van der Waals surface area contributed by atoms with Gasteiger partial charge in [-0.1, -0.05) is 19.9 Å². The summed E-state index contributed by atoms with van der Waals surface area (Å²) in [5.74, 6) is -0.758. The highest BCUT2D eigenvalue weighted by molar-refractivity contribution is 7.89. The fraction of sp³-hybridized carbons (Fsp3) is 0.333. The van der Waals surface area contributed by atoms with Crippen LogP contribution in [0.2, 0.25) is 0 Å². The molecule has 0 spiro atoms. The van der Waals surface area contributed by atoms with E-state index in [0.29, 0.717) is 18.8 Å². The van der Waals surface area contributed by atoms with Gasteiger partial charge < -0.3 is 20.5 Å². The molecule has 0 atom stereocenters. The first kappa shape index (κ1) is 24.2. The van der Waals surface area contributed by atoms with Gasteiger partial charge in [-0.15, -0.1) is 0 Å². The van der Waals surface area contributed by atoms with Crippen LogP contribution in [0.5, 0.6) is 11.5 Å². The van der Waals surface area contributed by atoms with Gasteiger partial charge in [0.1, 0.15) is 11.5 Å². The molecule has 0 aliphatic rings. The number of primary amides is 1. The summed E-state index contributed by atoms with van der Waals surface area (Å²) in [5.41, 5.74) is 6.51. The zero-order valence-electron chi connectivity index (χ0n) is 18.0. The molecular formula is C21H27N3O6S. The summed E-state index contributed by atoms with van der Waals surface area (Å²) in [5, 5.41) is 2.59. The van der Waals surface area contributed by atoms with E-state index in [-0.39, 0.29) is 21.9 Å². The Balaban J connectivity index is 2.23. The summed E-state index contributed by atoms with van der Waals surface area (Å²) in [6.45, 7) is 5.52. The summed E-state index contributed by atoms with van der Waals surface area (Å²) in [4.78, 5) is 24.0. The Kier molecular flexibility index (Phi) is 8.01. The van der Waals surface area contributed by atoms with E-state index in [9.17, 15) is 18.0 Å². The fourth-order valence-electron chi connectivity index (χ4n) is 2.94. The predicted molar refractivity (Wildman–Crippen MR) is 117 cm³/mol. The number of nitrogens with two attached hydrogens (primary N) is 1. The molecule has 0 aliphatic carbocycles. The first-order valence-electron chi connectivity index (χ1n) is 9.65. The van der Waals surface area contributed by atoms with Crippen LogP contribution in [-0.4, -0.2) is 51.3 Å². The number of amides is 2. The van der Waals surface area contributed by atoms with Gasteiger partial charge in [0.2, 0.25) is 10.0 Å². The van der Waals surface area contributed by atoms with E-state index in [0.717, 1.165) is 5.56 Å². The molecule has 31 heavy (non-hydrogen) atoms. The van der Waals surface area contributed by atoms with Crippen molar-refractivity contribution in [3.8, 4) is 11.5 Å². The molecule has 0 bridgehead atoms. The lowest BCUT2D eigenvalue weighted by Crippen LogP contribution is -2.30. The number of anilines is 1. The zero-order chi connectivity index (χ0) is 23.2. The van der Waals surface area contributed by atoms with Crippen molar-refractivity contribution in [1.82, 2.24) is 4.31 Å². The van der Waals surface area contributed by atoms with Gasteiger partial charge in [-0.2, -0.15) is 4.31 Å². The van der Waals surface area contributed by atoms with Crippen molar-refractivity contribution in [2.45, 2.75) is 25.7 Å². The molecule has 0 aliphatic heterocycles. The van der Waals surface area contributed by atoms with Gasteiger partial charge in [0.25, 0.3) is 11.8 Å². The van der Waals surface area contributed by atoms with E-state index in [2.05, 4.69) is 5.32 Å². The number of carbonyl (C=O) groups excluding carboxylic acids is 2. The lowest BCUT2D eigenvalue weighted by atomic mass is 10.1. The highest BCUT2D eigenvalue weighted by Crippen LogP contribution is 2.29. The maximum Gasteiger partial charge on any atom is 0.262 e. The highest BCUT2D eigenvalue weighted by Gasteiger charge is 2.23. The largest absolute Gasteiger partial charge is 0.495 e. The van der Waals surface area contributed by atoms with E-state index in [1.807, 2.05) is 6.92 Å². The van der Waals surface area contributed by atoms with Crippen LogP contribution in [0.25, 0.3) is 0 Å². The van der Waals surface area contributed by atoms with Gasteiger partial charge in [0.05, 0.1) is 23.3 Å². The zero-order valence-corrected chi connectivity index (χ0v) is 18.8. The van der Waals surface area contributed by atoms with Crippen LogP contribution >= 0.6 is 0 Å². The SMILES string of the molecule is CCN(CC)S(=O)(=O)c1ccc(OC)c(NC(=O)COc2cc(C)ccc2C(N)=O)c1. The van der Waals surface area contributed by atoms with Crippen LogP contribution in [0.15, 0.2) is 41.3 Å². The van der Waals surface area contributed by atoms with Crippen molar-refractivity contribution >= 4 is 27.5 Å². The van der Waals surface area contributed by atoms with Crippen molar-refractivity contribution < 1.29 is 27.5 Å². The van der Waals surface area contributed by atoms with Crippen LogP contribution in [0.3, 0.4) is 0 Å². The quantitative estimate of drug-likeness (QED) is 0.572. The number of nitrogens with zero attached hydrogens (tertiary/aromatic N) is 1. The van der Waals surface area contributed by atoms with Gasteiger partial charge in [-0.3, -0.25) is 9.59 Å². The monoisotopic (exact) mass is 449 g/mol. The third-order valence-corrected chi connectivity index (χ3v) is 6.60. The molecule has 0 radical (unpaired) electrons. The Morgan fingerprint density at radius 3 is 2.32 bits per heavy atom. The van der Waals surface area contributed by atoms with Crippen molar-refractivity contribution in [1.29, 1.82) is 0 Å². The van der Waals surface area contributed by atoms with E-state index < -0.39 is 28.4 Å². The molecule has 10 heteroatoms. The van der Waals surface area contributed by atoms with Crippen molar-refractivity contribution in [3.05, 3.63) is 47.5 Å². The van der Waals surface area contributed by atoms with Crippen molar-refractivity contribution in [3.63, 3.8) is 0 Å². The molecule has 0 saturated carbocycles. The topological polar surface area (TPSA) is 128 Å². The molecule has 2 rings (SSSR count). The van der Waals surface area contributed by atoms with Crippen LogP contribution in [0.4, 0.5) is 5.69 Å². The Labute approximate surface area is 182 Å². The smallest absolute Gasteiger partial charge is 0.262 e. The molecule has 2 aromatic carbocycles. The molecule has 0 fully saturated rings. The minimum Gasteiger partial charge on any atom is -0.495 e. The van der Waals surface area contributed by atoms with Gasteiger partial charge in [-0.25, -0.2) is 8.42 Å². The summed E-state index contributed by atoms with van der Waals surface area (Å²) in [6, 6.07) is 9.06. The number of rotatable bonds is 10. The van der Waals surface area contributed by atoms with Crippen LogP contribution in [0.1, 0.15) is 29.8 Å². The molecule has 0 aromatic heterocycles. The average molecular weight is 450 g/mol. The van der Waals surface area contributed by atoms with E-state index in [1.165, 1.54) is 35.7 Å². The standard InChI is InChI=1S/C21H27N3O6S/c1-5-24(6-2)31(27,28)15-8-10-18(29-4)17(12-15)23-20(25)13-30-19-11-14(3)7-9-16(19)21(22)26/h7-12H,5-6,13H2,1-4H3,(H2,22,26)(H,23,25). The number of sulfonamides is 1. The Morgan fingerprint density at radius 1 is 1.06 bits per heavy atom. The fourth-order valence-corrected chi connectivity index (χ4v) is 4.42. The maximum absolute atomic E-state index is 12.8. The summed E-state index contributed by atoms with van der Waals surface area (Å²) < 4.78 is 37.6. The van der Waals surface area contributed by atoms with Crippen molar-refractivity contribution in [2.24, 2.45) is 5.73 Å². The summed E-state index contributed by atoms with van der Waals surface area (Å²) in [6.07, 6.45) is 0. The number of carbonyl (C=O) groups is 2. The minimum atomic E-state index is -3.72. The lowest BCUT2D eigenvalue weighted by Gasteiger charge is -2.19. The first-order chi connectivity index (χ1) is 14.6. The third-order valence-electron chi connectivity index (χ3n) is 4.55. The second-order valence-corrected chi connectivity index (χ2v) is 8.59. The van der Waals surface area contributed by atoms with E-state index >= 15 is 0 Å². The number of hydrogen-bond acceptors (Lipinski definition) is 6. The van der Waals surface area contributed by atoms with E-state index in [1.54, 1.807) is 26.0 Å². The van der Waals surface area contributed by atoms with Crippen LogP contribution in [-0.2, 0) is 14.8 Å². The molecule has 0 unspecified atom stereocenters. The molecule has 168 valence electrons. The second-order valence-electron chi connectivity index (χ2n) is 6.65. The van der Waals surface area contributed by atoms with Gasteiger partial charge >= 0.3 is 0 Å². The molecular weight excluding hydrogens is 422 g/mol. The number of benzene rings is 2. The first-order valence-corrected chi connectivity index (χ1v) is 11.1. The number of aryl methyl sites for hydroxylation is 1. The van der Waals surface area contributed by atoms with Crippen molar-refractivity contribution in [2.75, 3.05) is 32.1 Å². The minimum absolute atomic E-state index is 0.0305. The van der Waals surface area contributed by atoms with E-state index in [4.69, 9.17) is 15.2 Å². The normalized spacial score (nSPS) is 11.3. The average Bonchev–Trinajstić information content (AvgIpc) is 2.72. The molecule has 2 aromatic rings. The number of hydrogen-bond donors (Lipinski definition) is 2. The molecule has 2 amide bonds.